The molecular formula is C59H97NO41S2. The lowest BCUT2D eigenvalue weighted by Gasteiger charge is -2.50. The molecule has 0 aromatic heterocycles. The van der Waals surface area contributed by atoms with Gasteiger partial charge >= 0.3 is 11.9 Å². The molecule has 0 spiro atoms. The van der Waals surface area contributed by atoms with Crippen molar-refractivity contribution in [2.75, 3.05) is 89.5 Å². The second-order valence-electron chi connectivity index (χ2n) is 25.7. The van der Waals surface area contributed by atoms with Crippen molar-refractivity contribution in [1.29, 1.82) is 0 Å². The Morgan fingerprint density at radius 2 is 0.602 bits per heavy atom. The second kappa shape index (κ2) is 40.0. The Balaban J connectivity index is 1.08. The number of carbonyl (C=O) groups excluding carboxylic acids is 2. The molecule has 21 aliphatic rings. The minimum atomic E-state index is -2.31. The van der Waals surface area contributed by atoms with Gasteiger partial charge in [-0.25, -0.2) is 0 Å². The second-order valence-corrected chi connectivity index (χ2v) is 27.9. The lowest BCUT2D eigenvalue weighted by molar-refractivity contribution is -0.395. The normalized spacial score (nSPS) is 44.9. The van der Waals surface area contributed by atoms with Crippen LogP contribution in [-0.2, 0) is 95.0 Å². The minimum Gasteiger partial charge on any atom is -0.481 e. The van der Waals surface area contributed by atoms with Crippen LogP contribution in [-0.4, -0.2) is 441 Å². The molecule has 0 aliphatic carbocycles. The summed E-state index contributed by atoms with van der Waals surface area (Å²) in [6.07, 6.45) is -73.1. The van der Waals surface area contributed by atoms with Crippen molar-refractivity contribution in [3.05, 3.63) is 0 Å². The summed E-state index contributed by atoms with van der Waals surface area (Å²) in [6, 6.07) is -1.18. The van der Waals surface area contributed by atoms with Crippen molar-refractivity contribution in [3.8, 4) is 0 Å². The zero-order chi connectivity index (χ0) is 75.4. The Hall–Kier alpha value is -2.46. The molecule has 0 amide bonds. The van der Waals surface area contributed by atoms with E-state index in [0.717, 1.165) is 23.5 Å². The predicted molar refractivity (Wildman–Crippen MR) is 332 cm³/mol. The Morgan fingerprint density at radius 3 is 0.845 bits per heavy atom. The summed E-state index contributed by atoms with van der Waals surface area (Å²) in [6.45, 7) is -3.91. The standard InChI is InChI=1S/C59H97NO41S2/c1-19(66)3-5-86-7-8-87-6-4-21(67)9-20(51(82)83)15-102-17-28-49-35(73)42(80)58(93-28)98-47-26(13-64)89-55(38(76)31(47)69)97-46-25(12-63)92-57(41(79)34(46)72)101-50-29(18-103-16-22(60-2)52(84)85)94-59(43(81)36(50)74)99-48-27(14-65)90-54(39(77)32(48)70)95-44-23(10-61)88-53(37(75)30(44)68)96-45-24(11-62)91-56(100-49)40(78)33(45)71/h20,22-50,53-65,68-81H,3-18H2,1-2H3,(H,82,83)(H,84,85)/t20-,22-,23?,24?,25?,26?,27?,28?,29?,30-,31-,32-,33-,34-,35-,36-,37?,38?,39?,40?,41?,42?,43?,44-,45-,46-,47+,48-,49-,50-,53-,54-,55+,56-,57-,58-,59-/m1/s1. The van der Waals surface area contributed by atoms with Crippen LogP contribution in [0.4, 0.5) is 0 Å². The molecule has 44 heteroatoms. The number of aliphatic hydroxyl groups is 19. The first-order chi connectivity index (χ1) is 49.0. The number of carboxylic acids is 2. The average Bonchev–Trinajstić information content (AvgIpc) is 0.785. The van der Waals surface area contributed by atoms with Gasteiger partial charge in [0.2, 0.25) is 0 Å². The molecule has 0 aromatic rings. The van der Waals surface area contributed by atoms with Gasteiger partial charge in [-0.15, -0.1) is 0 Å². The van der Waals surface area contributed by atoms with Crippen LogP contribution in [0.15, 0.2) is 0 Å². The van der Waals surface area contributed by atoms with Crippen molar-refractivity contribution in [2.45, 2.75) is 247 Å². The Morgan fingerprint density at radius 1 is 0.350 bits per heavy atom. The van der Waals surface area contributed by atoms with Crippen LogP contribution < -0.4 is 5.32 Å². The van der Waals surface area contributed by atoms with Gasteiger partial charge < -0.3 is 188 Å². The summed E-state index contributed by atoms with van der Waals surface area (Å²) in [5, 5.41) is 239. The number of hydrogen-bond donors (Lipinski definition) is 22. The van der Waals surface area contributed by atoms with Crippen LogP contribution in [0.1, 0.15) is 26.2 Å². The Labute approximate surface area is 595 Å². The molecule has 0 saturated carbocycles. The number of nitrogens with one attached hydrogen (secondary N) is 1. The topological polar surface area (TPSA) is 653 Å². The largest absolute Gasteiger partial charge is 0.481 e. The Kier molecular flexibility index (Phi) is 33.4. The van der Waals surface area contributed by atoms with Gasteiger partial charge in [0.15, 0.2) is 44.0 Å². The first-order valence-corrected chi connectivity index (χ1v) is 35.5. The van der Waals surface area contributed by atoms with E-state index in [-0.39, 0.29) is 62.3 Å². The molecule has 0 radical (unpaired) electrons. The van der Waals surface area contributed by atoms with E-state index >= 15 is 0 Å². The van der Waals surface area contributed by atoms with Gasteiger partial charge in [-0.3, -0.25) is 19.2 Å². The molecule has 14 unspecified atom stereocenters. The maximum Gasteiger partial charge on any atom is 0.321 e. The number of thioether (sulfide) groups is 2. The summed E-state index contributed by atoms with van der Waals surface area (Å²) in [7, 11) is 1.35. The lowest BCUT2D eigenvalue weighted by atomic mass is 9.95. The van der Waals surface area contributed by atoms with Crippen molar-refractivity contribution < 1.29 is 202 Å². The van der Waals surface area contributed by atoms with Crippen LogP contribution in [0.5, 0.6) is 0 Å². The summed E-state index contributed by atoms with van der Waals surface area (Å²) in [5.74, 6) is -6.08. The summed E-state index contributed by atoms with van der Waals surface area (Å²) >= 11 is 1.66. The van der Waals surface area contributed by atoms with Gasteiger partial charge in [-0.2, -0.15) is 23.5 Å². The van der Waals surface area contributed by atoms with Crippen LogP contribution in [0.25, 0.3) is 0 Å². The fraction of sp³-hybridized carbons (Fsp3) is 0.932. The zero-order valence-corrected chi connectivity index (χ0v) is 57.2. The number of carbonyl (C=O) groups is 4. The minimum absolute atomic E-state index is 0.0645. The van der Waals surface area contributed by atoms with E-state index in [9.17, 15) is 126 Å². The quantitative estimate of drug-likeness (QED) is 0.0340. The van der Waals surface area contributed by atoms with E-state index in [1.165, 1.54) is 14.0 Å². The number of aliphatic hydroxyl groups excluding tert-OH is 19. The first kappa shape index (κ1) is 86.1. The predicted octanol–water partition coefficient (Wildman–Crippen LogP) is -13.0. The first-order valence-electron chi connectivity index (χ1n) is 33.2. The van der Waals surface area contributed by atoms with Gasteiger partial charge in [-0.1, -0.05) is 0 Å². The molecule has 103 heavy (non-hydrogen) atoms. The summed E-state index contributed by atoms with van der Waals surface area (Å²) < 4.78 is 93.3. The van der Waals surface area contributed by atoms with Gasteiger partial charge in [0.25, 0.3) is 0 Å². The number of rotatable bonds is 27. The molecule has 21 aliphatic heterocycles. The van der Waals surface area contributed by atoms with Crippen molar-refractivity contribution in [1.82, 2.24) is 5.32 Å². The highest BCUT2D eigenvalue weighted by atomic mass is 32.2. The number of likely N-dealkylation sites (N-methyl/N-ethyl adjacent to an activating group) is 1. The SMILES string of the molecule is CN[C@H](CSCC1O[C@@H]2O[C@@H]3C(CO)O[C@H](O[C@@H]4C(CO)O[C@H](O[C@@H]5C(CO)O[C@H](O[C@@H]6C(CSC[C@@H](CC(=O)CCOCCOCCC(C)=O)C(=O)O)O[C@H](O[C@H]7C(CO)O[C@@H](O[C@@H]8C(CO)O[C@H](O[C@H]1[C@H](O)C2O)C(O)[C@H]8O)C(O)[C@H]7O)C(O)[C@H]6O)C(O)[C@H]5O)C(O)[C@H]4O)C(O)[C@H]3O)C(=O)O. The molecule has 37 atom stereocenters. The molecule has 0 aromatic carbocycles. The van der Waals surface area contributed by atoms with E-state index < -0.39 is 290 Å². The third-order valence-corrected chi connectivity index (χ3v) is 20.9. The van der Waals surface area contributed by atoms with Crippen molar-refractivity contribution in [3.63, 3.8) is 0 Å². The molecule has 21 fully saturated rings. The van der Waals surface area contributed by atoms with E-state index in [1.54, 1.807) is 0 Å². The van der Waals surface area contributed by atoms with E-state index in [2.05, 4.69) is 5.32 Å². The van der Waals surface area contributed by atoms with Crippen LogP contribution in [0.2, 0.25) is 0 Å². The van der Waals surface area contributed by atoms with Crippen molar-refractivity contribution in [2.24, 2.45) is 5.92 Å². The number of hydrogen-bond acceptors (Lipinski definition) is 42. The monoisotopic (exact) mass is 1540 g/mol. The highest BCUT2D eigenvalue weighted by Gasteiger charge is 2.60. The molecule has 21 heterocycles. The maximum absolute atomic E-state index is 13.0. The third-order valence-electron chi connectivity index (χ3n) is 18.6. The number of aliphatic carboxylic acids is 2. The van der Waals surface area contributed by atoms with E-state index in [1.807, 2.05) is 0 Å². The number of ketones is 2. The summed E-state index contributed by atoms with van der Waals surface area (Å²) in [4.78, 5) is 48.7. The molecular weight excluding hydrogens is 1440 g/mol. The molecule has 22 N–H and O–H groups in total. The molecule has 14 bridgehead atoms. The molecule has 21 rings (SSSR count). The van der Waals surface area contributed by atoms with Gasteiger partial charge in [-0.05, 0) is 14.0 Å². The smallest absolute Gasteiger partial charge is 0.321 e. The van der Waals surface area contributed by atoms with Gasteiger partial charge in [0, 0.05) is 42.3 Å². The zero-order valence-electron chi connectivity index (χ0n) is 55.5. The van der Waals surface area contributed by atoms with Crippen LogP contribution >= 0.6 is 23.5 Å². The maximum atomic E-state index is 13.0. The highest BCUT2D eigenvalue weighted by Crippen LogP contribution is 2.40. The van der Waals surface area contributed by atoms with Crippen LogP contribution in [0.3, 0.4) is 0 Å². The number of carboxylic acid groups (broad SMARTS) is 2. The fourth-order valence-electron chi connectivity index (χ4n) is 12.6. The van der Waals surface area contributed by atoms with E-state index in [0.29, 0.717) is 0 Å². The Bertz CT molecular complexity index is 2610. The fourth-order valence-corrected chi connectivity index (χ4v) is 15.0. The van der Waals surface area contributed by atoms with Gasteiger partial charge in [0.1, 0.15) is 176 Å². The lowest BCUT2D eigenvalue weighted by Crippen LogP contribution is -2.68. The molecule has 596 valence electrons. The van der Waals surface area contributed by atoms with Crippen molar-refractivity contribution >= 4 is 47.0 Å². The highest BCUT2D eigenvalue weighted by molar-refractivity contribution is 7.99. The molecule has 42 nitrogen and oxygen atoms in total. The molecule has 21 saturated heterocycles. The number of Topliss-reactive ketones (excluding diaryl/α,β-unsaturated/α-hetero) is 2. The van der Waals surface area contributed by atoms with Gasteiger partial charge in [0.05, 0.1) is 77.6 Å². The van der Waals surface area contributed by atoms with E-state index in [4.69, 9.17) is 75.8 Å². The number of ether oxygens (including phenoxy) is 16. The van der Waals surface area contributed by atoms with Crippen LogP contribution in [0, 0.1) is 5.92 Å². The third kappa shape index (κ3) is 21.0. The summed E-state index contributed by atoms with van der Waals surface area (Å²) in [5.41, 5.74) is 0. The average molecular weight is 1540 g/mol.